The van der Waals surface area contributed by atoms with Gasteiger partial charge in [-0.2, -0.15) is 12.7 Å². The van der Waals surface area contributed by atoms with Crippen molar-refractivity contribution in [1.29, 1.82) is 0 Å². The van der Waals surface area contributed by atoms with Crippen LogP contribution in [0.3, 0.4) is 0 Å². The predicted molar refractivity (Wildman–Crippen MR) is 91.7 cm³/mol. The molecule has 2 N–H and O–H groups in total. The van der Waals surface area contributed by atoms with Gasteiger partial charge in [-0.1, -0.05) is 0 Å². The van der Waals surface area contributed by atoms with E-state index in [2.05, 4.69) is 9.88 Å². The summed E-state index contributed by atoms with van der Waals surface area (Å²) in [5.41, 5.74) is 1.77. The Labute approximate surface area is 140 Å². The lowest BCUT2D eigenvalue weighted by Gasteiger charge is -2.35. The van der Waals surface area contributed by atoms with Crippen molar-refractivity contribution in [2.75, 3.05) is 45.3 Å². The SMILES string of the molecule is COc1cc2nccc(N3CCN(S(N)(=O)=O)CC3)c2cc1OC. The van der Waals surface area contributed by atoms with Crippen molar-refractivity contribution in [3.63, 3.8) is 0 Å². The van der Waals surface area contributed by atoms with Gasteiger partial charge in [0.25, 0.3) is 10.2 Å². The highest BCUT2D eigenvalue weighted by molar-refractivity contribution is 7.86. The molecule has 9 heteroatoms. The largest absolute Gasteiger partial charge is 0.493 e. The smallest absolute Gasteiger partial charge is 0.277 e. The Balaban J connectivity index is 1.96. The molecular weight excluding hydrogens is 332 g/mol. The maximum atomic E-state index is 11.4. The molecule has 0 saturated carbocycles. The van der Waals surface area contributed by atoms with Crippen molar-refractivity contribution in [2.45, 2.75) is 0 Å². The number of hydrogen-bond donors (Lipinski definition) is 1. The van der Waals surface area contributed by atoms with E-state index < -0.39 is 10.2 Å². The van der Waals surface area contributed by atoms with Crippen LogP contribution in [-0.4, -0.2) is 58.1 Å². The molecule has 3 rings (SSSR count). The summed E-state index contributed by atoms with van der Waals surface area (Å²) in [7, 11) is -0.465. The molecule has 1 aliphatic rings. The number of anilines is 1. The van der Waals surface area contributed by atoms with E-state index in [1.807, 2.05) is 18.2 Å². The number of nitrogens with zero attached hydrogens (tertiary/aromatic N) is 3. The summed E-state index contributed by atoms with van der Waals surface area (Å²) in [6.45, 7) is 1.83. The van der Waals surface area contributed by atoms with Crippen molar-refractivity contribution < 1.29 is 17.9 Å². The molecule has 0 amide bonds. The minimum Gasteiger partial charge on any atom is -0.493 e. The van der Waals surface area contributed by atoms with Gasteiger partial charge in [-0.15, -0.1) is 0 Å². The predicted octanol–water partition coefficient (Wildman–Crippen LogP) is 0.578. The van der Waals surface area contributed by atoms with Crippen LogP contribution >= 0.6 is 0 Å². The topological polar surface area (TPSA) is 98.0 Å². The lowest BCUT2D eigenvalue weighted by molar-refractivity contribution is 0.355. The van der Waals surface area contributed by atoms with Crippen LogP contribution in [-0.2, 0) is 10.2 Å². The quantitative estimate of drug-likeness (QED) is 0.864. The summed E-state index contributed by atoms with van der Waals surface area (Å²) in [5, 5.41) is 6.12. The molecule has 1 aromatic heterocycles. The standard InChI is InChI=1S/C15H20N4O4S/c1-22-14-9-11-12(10-15(14)23-2)17-4-3-13(11)18-5-7-19(8-6-18)24(16,20)21/h3-4,9-10H,5-8H2,1-2H3,(H2,16,20,21). The third kappa shape index (κ3) is 3.10. The first-order valence-corrected chi connectivity index (χ1v) is 8.98. The summed E-state index contributed by atoms with van der Waals surface area (Å²) in [6.07, 6.45) is 1.73. The van der Waals surface area contributed by atoms with E-state index in [-0.39, 0.29) is 0 Å². The van der Waals surface area contributed by atoms with Gasteiger partial charge in [0, 0.05) is 49.5 Å². The summed E-state index contributed by atoms with van der Waals surface area (Å²) in [4.78, 5) is 6.51. The second-order valence-electron chi connectivity index (χ2n) is 5.49. The Bertz CT molecular complexity index is 848. The number of piperazine rings is 1. The molecule has 2 heterocycles. The van der Waals surface area contributed by atoms with Crippen LogP contribution in [0, 0.1) is 0 Å². The van der Waals surface area contributed by atoms with Gasteiger partial charge in [-0.25, -0.2) is 5.14 Å². The third-order valence-corrected chi connectivity index (χ3v) is 5.25. The second kappa shape index (κ2) is 6.42. The fourth-order valence-corrected chi connectivity index (χ4v) is 3.59. The molecule has 0 radical (unpaired) electrons. The van der Waals surface area contributed by atoms with E-state index >= 15 is 0 Å². The molecule has 130 valence electrons. The van der Waals surface area contributed by atoms with Crippen molar-refractivity contribution in [3.05, 3.63) is 24.4 Å². The van der Waals surface area contributed by atoms with Gasteiger partial charge in [0.05, 0.1) is 19.7 Å². The van der Waals surface area contributed by atoms with Gasteiger partial charge in [0.15, 0.2) is 11.5 Å². The number of hydrogen-bond acceptors (Lipinski definition) is 6. The Morgan fingerprint density at radius 3 is 2.29 bits per heavy atom. The highest BCUT2D eigenvalue weighted by Crippen LogP contribution is 2.35. The first-order chi connectivity index (χ1) is 11.4. The zero-order valence-corrected chi connectivity index (χ0v) is 14.4. The van der Waals surface area contributed by atoms with Crippen LogP contribution < -0.4 is 19.5 Å². The van der Waals surface area contributed by atoms with Crippen LogP contribution in [0.5, 0.6) is 11.5 Å². The van der Waals surface area contributed by atoms with Crippen molar-refractivity contribution in [3.8, 4) is 11.5 Å². The number of ether oxygens (including phenoxy) is 2. The fraction of sp³-hybridized carbons (Fsp3) is 0.400. The van der Waals surface area contributed by atoms with Crippen LogP contribution in [0.25, 0.3) is 10.9 Å². The van der Waals surface area contributed by atoms with Gasteiger partial charge in [0.2, 0.25) is 0 Å². The van der Waals surface area contributed by atoms with Gasteiger partial charge in [0.1, 0.15) is 0 Å². The molecule has 1 saturated heterocycles. The molecule has 8 nitrogen and oxygen atoms in total. The molecule has 0 unspecified atom stereocenters. The summed E-state index contributed by atoms with van der Waals surface area (Å²) in [6, 6.07) is 5.64. The Hall–Kier alpha value is -2.10. The van der Waals surface area contributed by atoms with Crippen LogP contribution in [0.15, 0.2) is 24.4 Å². The molecule has 1 aliphatic heterocycles. The number of methoxy groups -OCH3 is 2. The summed E-state index contributed by atoms with van der Waals surface area (Å²) in [5.74, 6) is 1.25. The Morgan fingerprint density at radius 1 is 1.08 bits per heavy atom. The summed E-state index contributed by atoms with van der Waals surface area (Å²) < 4.78 is 34.9. The molecule has 1 aromatic carbocycles. The van der Waals surface area contributed by atoms with Gasteiger partial charge in [-0.3, -0.25) is 4.98 Å². The van der Waals surface area contributed by atoms with E-state index in [9.17, 15) is 8.42 Å². The minimum atomic E-state index is -3.64. The van der Waals surface area contributed by atoms with E-state index in [4.69, 9.17) is 14.6 Å². The zero-order valence-electron chi connectivity index (χ0n) is 13.6. The molecule has 0 aliphatic carbocycles. The number of nitrogens with two attached hydrogens (primary N) is 1. The minimum absolute atomic E-state index is 0.357. The Morgan fingerprint density at radius 2 is 1.71 bits per heavy atom. The first-order valence-electron chi connectivity index (χ1n) is 7.47. The monoisotopic (exact) mass is 352 g/mol. The Kier molecular flexibility index (Phi) is 4.48. The number of benzene rings is 1. The van der Waals surface area contributed by atoms with Crippen molar-refractivity contribution in [1.82, 2.24) is 9.29 Å². The normalized spacial score (nSPS) is 16.4. The maximum Gasteiger partial charge on any atom is 0.277 e. The average molecular weight is 352 g/mol. The molecule has 0 spiro atoms. The van der Waals surface area contributed by atoms with E-state index in [0.29, 0.717) is 37.7 Å². The molecule has 1 fully saturated rings. The van der Waals surface area contributed by atoms with E-state index in [1.165, 1.54) is 4.31 Å². The van der Waals surface area contributed by atoms with Gasteiger partial charge >= 0.3 is 0 Å². The van der Waals surface area contributed by atoms with Crippen LogP contribution in [0.4, 0.5) is 5.69 Å². The van der Waals surface area contributed by atoms with Gasteiger partial charge < -0.3 is 14.4 Å². The van der Waals surface area contributed by atoms with E-state index in [1.54, 1.807) is 20.4 Å². The number of rotatable bonds is 4. The molecule has 0 atom stereocenters. The second-order valence-corrected chi connectivity index (χ2v) is 7.03. The molecule has 2 aromatic rings. The molecule has 0 bridgehead atoms. The van der Waals surface area contributed by atoms with E-state index in [0.717, 1.165) is 16.6 Å². The highest BCUT2D eigenvalue weighted by Gasteiger charge is 2.25. The molecule has 24 heavy (non-hydrogen) atoms. The zero-order chi connectivity index (χ0) is 17.3. The lowest BCUT2D eigenvalue weighted by Crippen LogP contribution is -2.50. The number of aromatic nitrogens is 1. The van der Waals surface area contributed by atoms with Crippen LogP contribution in [0.1, 0.15) is 0 Å². The van der Waals surface area contributed by atoms with Crippen molar-refractivity contribution in [2.24, 2.45) is 5.14 Å². The van der Waals surface area contributed by atoms with Gasteiger partial charge in [-0.05, 0) is 12.1 Å². The van der Waals surface area contributed by atoms with Crippen molar-refractivity contribution >= 4 is 26.8 Å². The first kappa shape index (κ1) is 16.7. The molecular formula is C15H20N4O4S. The fourth-order valence-electron chi connectivity index (χ4n) is 2.92. The average Bonchev–Trinajstić information content (AvgIpc) is 2.59. The lowest BCUT2D eigenvalue weighted by atomic mass is 10.1. The highest BCUT2D eigenvalue weighted by atomic mass is 32.2. The number of pyridine rings is 1. The third-order valence-electron chi connectivity index (χ3n) is 4.16. The summed E-state index contributed by atoms with van der Waals surface area (Å²) >= 11 is 0. The van der Waals surface area contributed by atoms with Crippen LogP contribution in [0.2, 0.25) is 0 Å². The number of fused-ring (bicyclic) bond motifs is 1. The maximum absolute atomic E-state index is 11.4.